The topological polar surface area (TPSA) is 57.6 Å². The number of amides is 2. The molecule has 0 aromatic heterocycles. The number of imide groups is 1. The Morgan fingerprint density at radius 2 is 1.95 bits per heavy atom. The molecule has 1 saturated heterocycles. The second-order valence-corrected chi connectivity index (χ2v) is 4.81. The number of nitrogens with zero attached hydrogens (tertiary/aromatic N) is 1. The molecule has 0 unspecified atom stereocenters. The van der Waals surface area contributed by atoms with Gasteiger partial charge in [-0.2, -0.15) is 0 Å². The molecule has 1 fully saturated rings. The van der Waals surface area contributed by atoms with E-state index in [1.54, 1.807) is 6.07 Å². The number of piperidine rings is 1. The van der Waals surface area contributed by atoms with Crippen molar-refractivity contribution in [2.75, 3.05) is 6.61 Å². The molecular weight excluding hydrogens is 273 g/mol. The van der Waals surface area contributed by atoms with E-state index >= 15 is 0 Å². The summed E-state index contributed by atoms with van der Waals surface area (Å²) < 4.78 is 14.0. The van der Waals surface area contributed by atoms with Gasteiger partial charge in [0.25, 0.3) is 0 Å². The van der Waals surface area contributed by atoms with E-state index in [-0.39, 0.29) is 25.0 Å². The molecule has 5 heteroatoms. The van der Waals surface area contributed by atoms with E-state index in [2.05, 4.69) is 11.8 Å². The van der Waals surface area contributed by atoms with E-state index in [1.807, 2.05) is 0 Å². The molecule has 2 rings (SSSR count). The van der Waals surface area contributed by atoms with Crippen LogP contribution in [0.2, 0.25) is 0 Å². The van der Waals surface area contributed by atoms with Crippen LogP contribution in [0.1, 0.15) is 36.8 Å². The van der Waals surface area contributed by atoms with Gasteiger partial charge in [-0.05, 0) is 18.6 Å². The Kier molecular flexibility index (Phi) is 5.07. The van der Waals surface area contributed by atoms with Gasteiger partial charge in [-0.1, -0.05) is 17.9 Å². The van der Waals surface area contributed by atoms with Crippen LogP contribution in [-0.4, -0.2) is 28.4 Å². The van der Waals surface area contributed by atoms with Crippen molar-refractivity contribution in [2.45, 2.75) is 32.2 Å². The number of aliphatic hydroxyl groups is 1. The van der Waals surface area contributed by atoms with Gasteiger partial charge in [0, 0.05) is 30.4 Å². The highest BCUT2D eigenvalue weighted by Crippen LogP contribution is 2.18. The van der Waals surface area contributed by atoms with Gasteiger partial charge in [-0.25, -0.2) is 4.39 Å². The molecule has 1 aliphatic rings. The Balaban J connectivity index is 2.12. The lowest BCUT2D eigenvalue weighted by Gasteiger charge is -2.25. The first-order chi connectivity index (χ1) is 10.1. The fraction of sp³-hybridized carbons (Fsp3) is 0.375. The first-order valence-electron chi connectivity index (χ1n) is 6.83. The molecule has 1 aromatic carbocycles. The van der Waals surface area contributed by atoms with Gasteiger partial charge in [0.15, 0.2) is 0 Å². The minimum absolute atomic E-state index is 0.0339. The number of halogens is 1. The third-order valence-corrected chi connectivity index (χ3v) is 3.23. The van der Waals surface area contributed by atoms with E-state index in [0.29, 0.717) is 36.8 Å². The van der Waals surface area contributed by atoms with Gasteiger partial charge in [-0.3, -0.25) is 14.5 Å². The zero-order valence-electron chi connectivity index (χ0n) is 11.6. The van der Waals surface area contributed by atoms with E-state index < -0.39 is 5.82 Å². The van der Waals surface area contributed by atoms with Crippen LogP contribution >= 0.6 is 0 Å². The number of aliphatic hydroxyl groups excluding tert-OH is 1. The van der Waals surface area contributed by atoms with E-state index in [4.69, 9.17) is 5.11 Å². The normalized spacial score (nSPS) is 14.9. The van der Waals surface area contributed by atoms with Crippen LogP contribution in [0.15, 0.2) is 18.2 Å². The van der Waals surface area contributed by atoms with Crippen molar-refractivity contribution in [3.8, 4) is 11.8 Å². The van der Waals surface area contributed by atoms with Crippen LogP contribution in [0.4, 0.5) is 4.39 Å². The smallest absolute Gasteiger partial charge is 0.229 e. The molecule has 0 atom stereocenters. The van der Waals surface area contributed by atoms with Crippen LogP contribution in [0.25, 0.3) is 0 Å². The average molecular weight is 289 g/mol. The SMILES string of the molecule is O=C1CCCC(=O)N1Cc1ccc(C#CCCO)cc1F. The molecule has 21 heavy (non-hydrogen) atoms. The molecule has 0 spiro atoms. The summed E-state index contributed by atoms with van der Waals surface area (Å²) in [5.74, 6) is 4.45. The molecule has 1 N–H and O–H groups in total. The van der Waals surface area contributed by atoms with Gasteiger partial charge in [-0.15, -0.1) is 0 Å². The van der Waals surface area contributed by atoms with Gasteiger partial charge < -0.3 is 5.11 Å². The van der Waals surface area contributed by atoms with Crippen LogP contribution in [0.3, 0.4) is 0 Å². The number of hydrogen-bond acceptors (Lipinski definition) is 3. The minimum Gasteiger partial charge on any atom is -0.395 e. The molecule has 0 saturated carbocycles. The van der Waals surface area contributed by atoms with Crippen molar-refractivity contribution in [1.82, 2.24) is 4.90 Å². The second-order valence-electron chi connectivity index (χ2n) is 4.81. The first kappa shape index (κ1) is 15.2. The number of rotatable bonds is 3. The van der Waals surface area contributed by atoms with Crippen LogP contribution in [0, 0.1) is 17.7 Å². The Labute approximate surface area is 122 Å². The zero-order valence-corrected chi connectivity index (χ0v) is 11.6. The van der Waals surface area contributed by atoms with Gasteiger partial charge >= 0.3 is 0 Å². The van der Waals surface area contributed by atoms with Crippen molar-refractivity contribution in [1.29, 1.82) is 0 Å². The van der Waals surface area contributed by atoms with Crippen molar-refractivity contribution in [3.05, 3.63) is 35.1 Å². The van der Waals surface area contributed by atoms with Crippen molar-refractivity contribution < 1.29 is 19.1 Å². The lowest BCUT2D eigenvalue weighted by Crippen LogP contribution is -2.39. The van der Waals surface area contributed by atoms with E-state index in [0.717, 1.165) is 4.90 Å². The second kappa shape index (κ2) is 7.00. The Morgan fingerprint density at radius 3 is 2.57 bits per heavy atom. The average Bonchev–Trinajstić information content (AvgIpc) is 2.45. The van der Waals surface area contributed by atoms with Gasteiger partial charge in [0.2, 0.25) is 11.8 Å². The molecule has 2 amide bonds. The van der Waals surface area contributed by atoms with E-state index in [1.165, 1.54) is 12.1 Å². The number of benzene rings is 1. The zero-order chi connectivity index (χ0) is 15.2. The Morgan fingerprint density at radius 1 is 1.24 bits per heavy atom. The fourth-order valence-electron chi connectivity index (χ4n) is 2.12. The summed E-state index contributed by atoms with van der Waals surface area (Å²) in [6, 6.07) is 4.45. The van der Waals surface area contributed by atoms with Crippen molar-refractivity contribution in [2.24, 2.45) is 0 Å². The molecule has 110 valence electrons. The van der Waals surface area contributed by atoms with Gasteiger partial charge in [0.05, 0.1) is 13.2 Å². The Hall–Kier alpha value is -2.19. The summed E-state index contributed by atoms with van der Waals surface area (Å²) in [7, 11) is 0. The standard InChI is InChI=1S/C16H16FNO3/c17-14-10-12(4-1-2-9-19)7-8-13(14)11-18-15(20)5-3-6-16(18)21/h7-8,10,19H,2-3,5-6,9,11H2. The third kappa shape index (κ3) is 3.89. The number of hydrogen-bond donors (Lipinski definition) is 1. The van der Waals surface area contributed by atoms with Crippen molar-refractivity contribution >= 4 is 11.8 Å². The first-order valence-corrected chi connectivity index (χ1v) is 6.83. The predicted octanol–water partition coefficient (Wildman–Crippen LogP) is 1.60. The molecule has 4 nitrogen and oxygen atoms in total. The molecule has 0 bridgehead atoms. The molecular formula is C16H16FNO3. The number of carbonyl (C=O) groups excluding carboxylic acids is 2. The summed E-state index contributed by atoms with van der Waals surface area (Å²) in [5.41, 5.74) is 0.798. The summed E-state index contributed by atoms with van der Waals surface area (Å²) >= 11 is 0. The van der Waals surface area contributed by atoms with Gasteiger partial charge in [0.1, 0.15) is 5.82 Å². The maximum atomic E-state index is 14.0. The lowest BCUT2D eigenvalue weighted by atomic mass is 10.1. The molecule has 1 aliphatic heterocycles. The molecule has 0 aliphatic carbocycles. The van der Waals surface area contributed by atoms with E-state index in [9.17, 15) is 14.0 Å². The lowest BCUT2D eigenvalue weighted by molar-refractivity contribution is -0.148. The quantitative estimate of drug-likeness (QED) is 0.679. The monoisotopic (exact) mass is 289 g/mol. The number of carbonyl (C=O) groups is 2. The highest BCUT2D eigenvalue weighted by Gasteiger charge is 2.26. The van der Waals surface area contributed by atoms with Crippen LogP contribution in [-0.2, 0) is 16.1 Å². The molecule has 1 aromatic rings. The van der Waals surface area contributed by atoms with Crippen LogP contribution < -0.4 is 0 Å². The minimum atomic E-state index is -0.489. The Bertz CT molecular complexity index is 600. The predicted molar refractivity (Wildman–Crippen MR) is 74.4 cm³/mol. The molecule has 0 radical (unpaired) electrons. The maximum absolute atomic E-state index is 14.0. The number of likely N-dealkylation sites (tertiary alicyclic amines) is 1. The largest absolute Gasteiger partial charge is 0.395 e. The summed E-state index contributed by atoms with van der Waals surface area (Å²) in [6.07, 6.45) is 1.56. The van der Waals surface area contributed by atoms with Crippen LogP contribution in [0.5, 0.6) is 0 Å². The third-order valence-electron chi connectivity index (χ3n) is 3.23. The summed E-state index contributed by atoms with van der Waals surface area (Å²) in [6.45, 7) is -0.0689. The molecule has 1 heterocycles. The maximum Gasteiger partial charge on any atom is 0.229 e. The highest BCUT2D eigenvalue weighted by atomic mass is 19.1. The summed E-state index contributed by atoms with van der Waals surface area (Å²) in [4.78, 5) is 24.5. The van der Waals surface area contributed by atoms with Crippen molar-refractivity contribution in [3.63, 3.8) is 0 Å². The highest BCUT2D eigenvalue weighted by molar-refractivity contribution is 5.97. The summed E-state index contributed by atoms with van der Waals surface area (Å²) in [5, 5.41) is 8.63. The fourth-order valence-corrected chi connectivity index (χ4v) is 2.12.